The van der Waals surface area contributed by atoms with Gasteiger partial charge in [-0.25, -0.2) is 12.8 Å². The second kappa shape index (κ2) is 5.62. The number of aromatic nitrogens is 1. The van der Waals surface area contributed by atoms with E-state index < -0.39 is 21.9 Å². The Morgan fingerprint density at radius 2 is 2.27 bits per heavy atom. The SMILES string of the molecule is CO[C@@H]1C[C@@H](CO)N(S(=O)(=O)c2c[nH]c3cccc(F)c23)C1. The van der Waals surface area contributed by atoms with Gasteiger partial charge in [0.05, 0.1) is 24.1 Å². The molecular weight excluding hydrogens is 311 g/mol. The van der Waals surface area contributed by atoms with Crippen molar-refractivity contribution in [2.45, 2.75) is 23.5 Å². The van der Waals surface area contributed by atoms with Gasteiger partial charge < -0.3 is 14.8 Å². The smallest absolute Gasteiger partial charge is 0.245 e. The Labute approximate surface area is 127 Å². The lowest BCUT2D eigenvalue weighted by Crippen LogP contribution is -2.38. The predicted molar refractivity (Wildman–Crippen MR) is 78.4 cm³/mol. The Hall–Kier alpha value is -1.48. The Morgan fingerprint density at radius 3 is 2.95 bits per heavy atom. The van der Waals surface area contributed by atoms with Crippen molar-refractivity contribution in [3.05, 3.63) is 30.2 Å². The van der Waals surface area contributed by atoms with E-state index in [1.807, 2.05) is 0 Å². The second-order valence-electron chi connectivity index (χ2n) is 5.32. The van der Waals surface area contributed by atoms with Gasteiger partial charge in [-0.2, -0.15) is 4.31 Å². The molecule has 0 unspecified atom stereocenters. The molecule has 1 aromatic heterocycles. The number of aliphatic hydroxyl groups is 1. The number of ether oxygens (including phenoxy) is 1. The quantitative estimate of drug-likeness (QED) is 0.880. The van der Waals surface area contributed by atoms with Crippen LogP contribution in [0.1, 0.15) is 6.42 Å². The van der Waals surface area contributed by atoms with Crippen LogP contribution in [0.2, 0.25) is 0 Å². The van der Waals surface area contributed by atoms with Crippen molar-refractivity contribution >= 4 is 20.9 Å². The first-order valence-corrected chi connectivity index (χ1v) is 8.34. The number of aromatic amines is 1. The van der Waals surface area contributed by atoms with Crippen molar-refractivity contribution in [3.8, 4) is 0 Å². The number of hydrogen-bond acceptors (Lipinski definition) is 4. The molecule has 0 radical (unpaired) electrons. The van der Waals surface area contributed by atoms with Crippen LogP contribution in [0.5, 0.6) is 0 Å². The van der Waals surface area contributed by atoms with E-state index in [0.717, 1.165) is 0 Å². The number of fused-ring (bicyclic) bond motifs is 1. The van der Waals surface area contributed by atoms with Crippen LogP contribution in [0.4, 0.5) is 4.39 Å². The average Bonchev–Trinajstić information content (AvgIpc) is 3.12. The van der Waals surface area contributed by atoms with Gasteiger partial charge in [-0.1, -0.05) is 6.07 Å². The standard InChI is InChI=1S/C14H17FN2O4S/c1-21-10-5-9(8-18)17(7-10)22(19,20)13-6-16-12-4-2-3-11(15)14(12)13/h2-4,6,9-10,16,18H,5,7-8H2,1H3/t9-,10+/m0/s1. The highest BCUT2D eigenvalue weighted by Gasteiger charge is 2.41. The van der Waals surface area contributed by atoms with Gasteiger partial charge in [-0.3, -0.25) is 0 Å². The molecule has 2 N–H and O–H groups in total. The zero-order valence-electron chi connectivity index (χ0n) is 12.0. The van der Waals surface area contributed by atoms with Crippen molar-refractivity contribution in [2.75, 3.05) is 20.3 Å². The van der Waals surface area contributed by atoms with E-state index in [2.05, 4.69) is 4.98 Å². The highest BCUT2D eigenvalue weighted by molar-refractivity contribution is 7.89. The zero-order valence-corrected chi connectivity index (χ0v) is 12.8. The van der Waals surface area contributed by atoms with Crippen LogP contribution in [-0.2, 0) is 14.8 Å². The highest BCUT2D eigenvalue weighted by Crippen LogP contribution is 2.32. The first-order chi connectivity index (χ1) is 10.5. The molecule has 0 saturated carbocycles. The van der Waals surface area contributed by atoms with Crippen molar-refractivity contribution in [2.24, 2.45) is 0 Å². The molecule has 1 aromatic carbocycles. The lowest BCUT2D eigenvalue weighted by Gasteiger charge is -2.21. The van der Waals surface area contributed by atoms with Gasteiger partial charge in [-0.15, -0.1) is 0 Å². The minimum absolute atomic E-state index is 0.0417. The number of hydrogen-bond donors (Lipinski definition) is 2. The average molecular weight is 328 g/mol. The molecule has 6 nitrogen and oxygen atoms in total. The van der Waals surface area contributed by atoms with Crippen molar-refractivity contribution in [3.63, 3.8) is 0 Å². The predicted octanol–water partition coefficient (Wildman–Crippen LogP) is 1.08. The summed E-state index contributed by atoms with van der Waals surface area (Å²) in [7, 11) is -2.43. The first kappa shape index (κ1) is 15.4. The number of benzene rings is 1. The van der Waals surface area contributed by atoms with Gasteiger partial charge in [0.15, 0.2) is 0 Å². The molecule has 22 heavy (non-hydrogen) atoms. The van der Waals surface area contributed by atoms with E-state index in [9.17, 15) is 17.9 Å². The number of aliphatic hydroxyl groups excluding tert-OH is 1. The van der Waals surface area contributed by atoms with Crippen LogP contribution in [0.15, 0.2) is 29.3 Å². The molecule has 1 aliphatic rings. The van der Waals surface area contributed by atoms with E-state index in [-0.39, 0.29) is 29.5 Å². The summed E-state index contributed by atoms with van der Waals surface area (Å²) in [6.45, 7) is -0.158. The van der Waals surface area contributed by atoms with Crippen LogP contribution in [0.25, 0.3) is 10.9 Å². The van der Waals surface area contributed by atoms with Crippen molar-refractivity contribution in [1.29, 1.82) is 0 Å². The molecule has 3 rings (SSSR count). The Morgan fingerprint density at radius 1 is 1.50 bits per heavy atom. The summed E-state index contributed by atoms with van der Waals surface area (Å²) in [6.07, 6.45) is 1.43. The summed E-state index contributed by atoms with van der Waals surface area (Å²) in [4.78, 5) is 2.66. The van der Waals surface area contributed by atoms with Crippen LogP contribution >= 0.6 is 0 Å². The van der Waals surface area contributed by atoms with E-state index in [1.165, 1.54) is 29.7 Å². The normalized spacial score (nSPS) is 23.4. The summed E-state index contributed by atoms with van der Waals surface area (Å²) >= 11 is 0. The number of sulfonamides is 1. The van der Waals surface area contributed by atoms with Gasteiger partial charge in [-0.05, 0) is 18.6 Å². The van der Waals surface area contributed by atoms with Gasteiger partial charge in [0, 0.05) is 25.4 Å². The summed E-state index contributed by atoms with van der Waals surface area (Å²) < 4.78 is 46.2. The minimum Gasteiger partial charge on any atom is -0.395 e. The van der Waals surface area contributed by atoms with E-state index in [0.29, 0.717) is 11.9 Å². The van der Waals surface area contributed by atoms with Crippen LogP contribution < -0.4 is 0 Å². The number of methoxy groups -OCH3 is 1. The topological polar surface area (TPSA) is 82.6 Å². The minimum atomic E-state index is -3.93. The fourth-order valence-corrected chi connectivity index (χ4v) is 4.75. The number of nitrogens with one attached hydrogen (secondary N) is 1. The highest BCUT2D eigenvalue weighted by atomic mass is 32.2. The second-order valence-corrected chi connectivity index (χ2v) is 7.18. The van der Waals surface area contributed by atoms with E-state index in [4.69, 9.17) is 4.74 Å². The maximum Gasteiger partial charge on any atom is 0.245 e. The Kier molecular flexibility index (Phi) is 3.94. The molecule has 1 aliphatic heterocycles. The fourth-order valence-electron chi connectivity index (χ4n) is 2.92. The van der Waals surface area contributed by atoms with E-state index >= 15 is 0 Å². The lowest BCUT2D eigenvalue weighted by molar-refractivity contribution is 0.113. The molecule has 0 spiro atoms. The third kappa shape index (κ3) is 2.32. The van der Waals surface area contributed by atoms with Gasteiger partial charge in [0.2, 0.25) is 10.0 Å². The lowest BCUT2D eigenvalue weighted by atomic mass is 10.2. The molecular formula is C14H17FN2O4S. The Balaban J connectivity index is 2.09. The van der Waals surface area contributed by atoms with Crippen LogP contribution in [0.3, 0.4) is 0 Å². The molecule has 2 atom stereocenters. The zero-order chi connectivity index (χ0) is 15.9. The molecule has 8 heteroatoms. The van der Waals surface area contributed by atoms with Gasteiger partial charge in [0.1, 0.15) is 10.7 Å². The van der Waals surface area contributed by atoms with Crippen LogP contribution in [-0.4, -0.2) is 55.2 Å². The number of halogens is 1. The molecule has 0 bridgehead atoms. The fraction of sp³-hybridized carbons (Fsp3) is 0.429. The van der Waals surface area contributed by atoms with Crippen LogP contribution in [0, 0.1) is 5.82 Å². The third-order valence-corrected chi connectivity index (χ3v) is 6.02. The third-order valence-electron chi connectivity index (χ3n) is 4.08. The monoisotopic (exact) mass is 328 g/mol. The summed E-state index contributed by atoms with van der Waals surface area (Å²) in [5, 5.41) is 9.48. The summed E-state index contributed by atoms with van der Waals surface area (Å²) in [6, 6.07) is 3.79. The molecule has 120 valence electrons. The largest absolute Gasteiger partial charge is 0.395 e. The molecule has 0 amide bonds. The first-order valence-electron chi connectivity index (χ1n) is 6.90. The number of H-pyrrole nitrogens is 1. The molecule has 2 heterocycles. The molecule has 1 saturated heterocycles. The molecule has 2 aromatic rings. The summed E-state index contributed by atoms with van der Waals surface area (Å²) in [5.41, 5.74) is 0.418. The molecule has 0 aliphatic carbocycles. The van der Waals surface area contributed by atoms with E-state index in [1.54, 1.807) is 6.07 Å². The maximum absolute atomic E-state index is 14.0. The summed E-state index contributed by atoms with van der Waals surface area (Å²) in [5.74, 6) is -0.597. The van der Waals surface area contributed by atoms with Gasteiger partial charge >= 0.3 is 0 Å². The molecule has 1 fully saturated rings. The van der Waals surface area contributed by atoms with Crippen molar-refractivity contribution < 1.29 is 22.7 Å². The maximum atomic E-state index is 14.0. The Bertz CT molecular complexity index is 789. The number of nitrogens with zero attached hydrogens (tertiary/aromatic N) is 1. The number of rotatable bonds is 4. The van der Waals surface area contributed by atoms with Gasteiger partial charge in [0.25, 0.3) is 0 Å². The van der Waals surface area contributed by atoms with Crippen molar-refractivity contribution in [1.82, 2.24) is 9.29 Å².